The molecule has 2 heterocycles. The molecule has 80 valence electrons. The number of likely N-dealkylation sites (N-methyl/N-ethyl adjacent to an activating group) is 1. The Balaban J connectivity index is 1.87. The van der Waals surface area contributed by atoms with Crippen LogP contribution in [-0.2, 0) is 4.79 Å². The first-order valence-corrected chi connectivity index (χ1v) is 5.06. The number of rotatable bonds is 3. The summed E-state index contributed by atoms with van der Waals surface area (Å²) in [6.07, 6.45) is 4.90. The number of pyridine rings is 1. The molecule has 1 fully saturated rings. The average Bonchev–Trinajstić information content (AvgIpc) is 2.59. The van der Waals surface area contributed by atoms with E-state index in [1.165, 1.54) is 0 Å². The lowest BCUT2D eigenvalue weighted by molar-refractivity contribution is -0.127. The van der Waals surface area contributed by atoms with Gasteiger partial charge in [0, 0.05) is 19.7 Å². The van der Waals surface area contributed by atoms with Gasteiger partial charge in [0.1, 0.15) is 12.4 Å². The SMILES string of the molecule is CN1C(=O)CCC1COc1cccnc1. The van der Waals surface area contributed by atoms with Crippen molar-refractivity contribution in [1.29, 1.82) is 0 Å². The molecule has 1 aliphatic rings. The minimum Gasteiger partial charge on any atom is -0.490 e. The molecule has 15 heavy (non-hydrogen) atoms. The highest BCUT2D eigenvalue weighted by molar-refractivity contribution is 5.78. The smallest absolute Gasteiger partial charge is 0.222 e. The van der Waals surface area contributed by atoms with E-state index in [1.807, 2.05) is 19.2 Å². The van der Waals surface area contributed by atoms with Crippen LogP contribution in [-0.4, -0.2) is 35.5 Å². The van der Waals surface area contributed by atoms with Crippen molar-refractivity contribution in [3.05, 3.63) is 24.5 Å². The Morgan fingerprint density at radius 3 is 3.13 bits per heavy atom. The van der Waals surface area contributed by atoms with Crippen molar-refractivity contribution in [2.45, 2.75) is 18.9 Å². The number of nitrogens with zero attached hydrogens (tertiary/aromatic N) is 2. The maximum Gasteiger partial charge on any atom is 0.222 e. The molecule has 2 rings (SSSR count). The van der Waals surface area contributed by atoms with Gasteiger partial charge >= 0.3 is 0 Å². The monoisotopic (exact) mass is 206 g/mol. The number of amides is 1. The van der Waals surface area contributed by atoms with Crippen LogP contribution in [0.15, 0.2) is 24.5 Å². The highest BCUT2D eigenvalue weighted by atomic mass is 16.5. The van der Waals surface area contributed by atoms with Crippen LogP contribution in [0.2, 0.25) is 0 Å². The van der Waals surface area contributed by atoms with Gasteiger partial charge in [-0.05, 0) is 18.6 Å². The summed E-state index contributed by atoms with van der Waals surface area (Å²) in [5.74, 6) is 0.958. The molecule has 0 aliphatic carbocycles. The lowest BCUT2D eigenvalue weighted by Gasteiger charge is -2.19. The van der Waals surface area contributed by atoms with E-state index in [0.29, 0.717) is 13.0 Å². The molecular weight excluding hydrogens is 192 g/mol. The molecule has 4 nitrogen and oxygen atoms in total. The number of hydrogen-bond acceptors (Lipinski definition) is 3. The second-order valence-electron chi connectivity index (χ2n) is 3.70. The van der Waals surface area contributed by atoms with Crippen molar-refractivity contribution in [3.63, 3.8) is 0 Å². The molecule has 0 radical (unpaired) electrons. The standard InChI is InChI=1S/C11H14N2O2/c1-13-9(4-5-11(13)14)8-15-10-3-2-6-12-7-10/h2-3,6-7,9H,4-5,8H2,1H3. The van der Waals surface area contributed by atoms with Gasteiger partial charge in [0.25, 0.3) is 0 Å². The predicted octanol–water partition coefficient (Wildman–Crippen LogP) is 1.08. The lowest BCUT2D eigenvalue weighted by Crippen LogP contribution is -2.33. The number of carbonyl (C=O) groups excluding carboxylic acids is 1. The van der Waals surface area contributed by atoms with E-state index in [2.05, 4.69) is 4.98 Å². The first-order valence-electron chi connectivity index (χ1n) is 5.06. The van der Waals surface area contributed by atoms with Crippen LogP contribution in [0.25, 0.3) is 0 Å². The molecule has 0 N–H and O–H groups in total. The first-order chi connectivity index (χ1) is 7.27. The fourth-order valence-electron chi connectivity index (χ4n) is 1.68. The molecule has 1 saturated heterocycles. The van der Waals surface area contributed by atoms with Gasteiger partial charge in [-0.25, -0.2) is 0 Å². The maximum absolute atomic E-state index is 11.3. The summed E-state index contributed by atoms with van der Waals surface area (Å²) in [6.45, 7) is 0.550. The minimum absolute atomic E-state index is 0.204. The molecule has 0 aromatic carbocycles. The fraction of sp³-hybridized carbons (Fsp3) is 0.455. The molecule has 1 atom stereocenters. The van der Waals surface area contributed by atoms with Crippen molar-refractivity contribution < 1.29 is 9.53 Å². The Kier molecular flexibility index (Phi) is 2.85. The Hall–Kier alpha value is -1.58. The summed E-state index contributed by atoms with van der Waals surface area (Å²) >= 11 is 0. The predicted molar refractivity (Wildman–Crippen MR) is 55.5 cm³/mol. The van der Waals surface area contributed by atoms with Gasteiger partial charge in [0.15, 0.2) is 0 Å². The van der Waals surface area contributed by atoms with Crippen LogP contribution >= 0.6 is 0 Å². The molecule has 1 unspecified atom stereocenters. The third kappa shape index (κ3) is 2.26. The Bertz CT molecular complexity index is 340. The summed E-state index contributed by atoms with van der Waals surface area (Å²) in [5, 5.41) is 0. The van der Waals surface area contributed by atoms with Crippen LogP contribution < -0.4 is 4.74 Å². The van der Waals surface area contributed by atoms with E-state index in [-0.39, 0.29) is 11.9 Å². The van der Waals surface area contributed by atoms with Crippen molar-refractivity contribution in [1.82, 2.24) is 9.88 Å². The van der Waals surface area contributed by atoms with Crippen LogP contribution in [0.3, 0.4) is 0 Å². The van der Waals surface area contributed by atoms with Crippen molar-refractivity contribution in [3.8, 4) is 5.75 Å². The number of carbonyl (C=O) groups is 1. The summed E-state index contributed by atoms with van der Waals surface area (Å²) < 4.78 is 5.55. The Morgan fingerprint density at radius 1 is 1.67 bits per heavy atom. The molecule has 1 aliphatic heterocycles. The average molecular weight is 206 g/mol. The van der Waals surface area contributed by atoms with Gasteiger partial charge in [-0.3, -0.25) is 9.78 Å². The van der Waals surface area contributed by atoms with E-state index < -0.39 is 0 Å². The Labute approximate surface area is 88.9 Å². The van der Waals surface area contributed by atoms with Crippen LogP contribution in [0.5, 0.6) is 5.75 Å². The molecule has 4 heteroatoms. The van der Waals surface area contributed by atoms with E-state index in [9.17, 15) is 4.79 Å². The quantitative estimate of drug-likeness (QED) is 0.743. The molecule has 1 amide bonds. The summed E-state index contributed by atoms with van der Waals surface area (Å²) in [7, 11) is 1.83. The highest BCUT2D eigenvalue weighted by Crippen LogP contribution is 2.17. The Morgan fingerprint density at radius 2 is 2.53 bits per heavy atom. The molecule has 1 aromatic rings. The van der Waals surface area contributed by atoms with E-state index in [1.54, 1.807) is 17.3 Å². The third-order valence-corrected chi connectivity index (χ3v) is 2.71. The van der Waals surface area contributed by atoms with E-state index in [0.717, 1.165) is 12.2 Å². The summed E-state index contributed by atoms with van der Waals surface area (Å²) in [5.41, 5.74) is 0. The molecule has 0 saturated carbocycles. The normalized spacial score (nSPS) is 20.7. The third-order valence-electron chi connectivity index (χ3n) is 2.71. The second-order valence-corrected chi connectivity index (χ2v) is 3.70. The zero-order valence-corrected chi connectivity index (χ0v) is 8.72. The van der Waals surface area contributed by atoms with Gasteiger partial charge in [0.05, 0.1) is 12.2 Å². The van der Waals surface area contributed by atoms with Crippen LogP contribution in [0, 0.1) is 0 Å². The molecule has 1 aromatic heterocycles. The number of aromatic nitrogens is 1. The van der Waals surface area contributed by atoms with E-state index in [4.69, 9.17) is 4.74 Å². The zero-order valence-electron chi connectivity index (χ0n) is 8.72. The van der Waals surface area contributed by atoms with Crippen molar-refractivity contribution in [2.75, 3.05) is 13.7 Å². The first kappa shape index (κ1) is 9.96. The zero-order chi connectivity index (χ0) is 10.7. The summed E-state index contributed by atoms with van der Waals surface area (Å²) in [6, 6.07) is 3.90. The summed E-state index contributed by atoms with van der Waals surface area (Å²) in [4.78, 5) is 17.0. The number of ether oxygens (including phenoxy) is 1. The fourth-order valence-corrected chi connectivity index (χ4v) is 1.68. The number of likely N-dealkylation sites (tertiary alicyclic amines) is 1. The highest BCUT2D eigenvalue weighted by Gasteiger charge is 2.27. The lowest BCUT2D eigenvalue weighted by atomic mass is 10.2. The topological polar surface area (TPSA) is 42.4 Å². The molecule has 0 bridgehead atoms. The van der Waals surface area contributed by atoms with Gasteiger partial charge in [-0.15, -0.1) is 0 Å². The maximum atomic E-state index is 11.3. The van der Waals surface area contributed by atoms with Crippen molar-refractivity contribution >= 4 is 5.91 Å². The van der Waals surface area contributed by atoms with Crippen LogP contribution in [0.4, 0.5) is 0 Å². The molecule has 0 spiro atoms. The largest absolute Gasteiger partial charge is 0.490 e. The minimum atomic E-state index is 0.204. The van der Waals surface area contributed by atoms with Crippen LogP contribution in [0.1, 0.15) is 12.8 Å². The van der Waals surface area contributed by atoms with Gasteiger partial charge < -0.3 is 9.64 Å². The molecular formula is C11H14N2O2. The van der Waals surface area contributed by atoms with Gasteiger partial charge in [-0.1, -0.05) is 0 Å². The van der Waals surface area contributed by atoms with Gasteiger partial charge in [0.2, 0.25) is 5.91 Å². The second kappa shape index (κ2) is 4.29. The van der Waals surface area contributed by atoms with Gasteiger partial charge in [-0.2, -0.15) is 0 Å². The van der Waals surface area contributed by atoms with E-state index >= 15 is 0 Å². The van der Waals surface area contributed by atoms with Crippen molar-refractivity contribution in [2.24, 2.45) is 0 Å². The number of hydrogen-bond donors (Lipinski definition) is 0.